The van der Waals surface area contributed by atoms with Crippen molar-refractivity contribution >= 4 is 11.7 Å². The summed E-state index contributed by atoms with van der Waals surface area (Å²) in [7, 11) is 1.48. The number of hydrogen-bond acceptors (Lipinski definition) is 4. The minimum atomic E-state index is -4.45. The number of aliphatic imine (C=N–C) groups is 1. The van der Waals surface area contributed by atoms with Crippen LogP contribution in [0.2, 0.25) is 0 Å². The number of amidine groups is 1. The number of nitrogens with one attached hydrogen (secondary N) is 1. The van der Waals surface area contributed by atoms with E-state index in [2.05, 4.69) is 10.3 Å². The molecule has 0 radical (unpaired) electrons. The lowest BCUT2D eigenvalue weighted by atomic mass is 9.85. The molecule has 1 atom stereocenters. The van der Waals surface area contributed by atoms with Crippen LogP contribution in [-0.2, 0) is 17.6 Å². The van der Waals surface area contributed by atoms with Crippen LogP contribution in [0.15, 0.2) is 53.0 Å². The van der Waals surface area contributed by atoms with Gasteiger partial charge in [0.25, 0.3) is 0 Å². The minimum Gasteiger partial charge on any atom is -0.493 e. The van der Waals surface area contributed by atoms with E-state index in [1.807, 2.05) is 12.1 Å². The van der Waals surface area contributed by atoms with E-state index in [1.165, 1.54) is 19.2 Å². The predicted octanol–water partition coefficient (Wildman–Crippen LogP) is 5.11. The Morgan fingerprint density at radius 2 is 1.88 bits per heavy atom. The molecule has 1 amide bonds. The molecule has 33 heavy (non-hydrogen) atoms. The molecule has 1 saturated carbocycles. The SMILES string of the molecule is COc1cc(C2CC(=O)NC3=NCC=C32)ccc1OCc1ccc(C2CC2)cc1C(F)(F)F. The molecule has 2 fully saturated rings. The van der Waals surface area contributed by atoms with Crippen LogP contribution >= 0.6 is 0 Å². The summed E-state index contributed by atoms with van der Waals surface area (Å²) in [6.07, 6.45) is -0.308. The molecule has 1 aliphatic carbocycles. The van der Waals surface area contributed by atoms with Gasteiger partial charge in [-0.25, -0.2) is 0 Å². The van der Waals surface area contributed by atoms with Crippen molar-refractivity contribution in [3.05, 3.63) is 70.3 Å². The van der Waals surface area contributed by atoms with E-state index in [9.17, 15) is 18.0 Å². The molecule has 0 aromatic heterocycles. The number of carbonyl (C=O) groups is 1. The lowest BCUT2D eigenvalue weighted by molar-refractivity contribution is -0.138. The molecule has 172 valence electrons. The van der Waals surface area contributed by atoms with Crippen molar-refractivity contribution in [3.8, 4) is 11.5 Å². The highest BCUT2D eigenvalue weighted by atomic mass is 19.4. The molecule has 5 rings (SSSR count). The van der Waals surface area contributed by atoms with Crippen molar-refractivity contribution in [3.63, 3.8) is 0 Å². The minimum absolute atomic E-state index is 0.0824. The number of halogens is 3. The first-order valence-corrected chi connectivity index (χ1v) is 10.9. The Balaban J connectivity index is 1.38. The van der Waals surface area contributed by atoms with E-state index >= 15 is 0 Å². The fourth-order valence-electron chi connectivity index (χ4n) is 4.45. The van der Waals surface area contributed by atoms with E-state index in [0.29, 0.717) is 23.9 Å². The van der Waals surface area contributed by atoms with Crippen molar-refractivity contribution in [2.24, 2.45) is 4.99 Å². The Morgan fingerprint density at radius 3 is 2.61 bits per heavy atom. The van der Waals surface area contributed by atoms with Gasteiger partial charge in [0.2, 0.25) is 5.91 Å². The van der Waals surface area contributed by atoms with E-state index in [-0.39, 0.29) is 36.3 Å². The molecule has 0 spiro atoms. The molecule has 3 aliphatic rings. The number of nitrogens with zero attached hydrogens (tertiary/aromatic N) is 1. The van der Waals surface area contributed by atoms with Gasteiger partial charge in [0, 0.05) is 23.5 Å². The molecule has 2 aliphatic heterocycles. The first kappa shape index (κ1) is 21.6. The molecule has 0 bridgehead atoms. The monoisotopic (exact) mass is 456 g/mol. The van der Waals surface area contributed by atoms with Crippen LogP contribution in [0.25, 0.3) is 0 Å². The highest BCUT2D eigenvalue weighted by molar-refractivity contribution is 6.12. The summed E-state index contributed by atoms with van der Waals surface area (Å²) in [6, 6.07) is 9.78. The summed E-state index contributed by atoms with van der Waals surface area (Å²) in [5.74, 6) is 1.32. The standard InChI is InChI=1S/C25H23F3N2O3/c1-32-22-11-16(19-12-23(31)30-24-18(19)8-9-29-24)6-7-21(22)33-13-17-5-4-15(14-2-3-14)10-20(17)25(26,27)28/h4-8,10-11,14,19H,2-3,9,12-13H2,1H3,(H,29,30,31). The van der Waals surface area contributed by atoms with Gasteiger partial charge in [-0.05, 0) is 48.1 Å². The van der Waals surface area contributed by atoms with E-state index < -0.39 is 11.7 Å². The lowest BCUT2D eigenvalue weighted by Gasteiger charge is -2.26. The molecular formula is C25H23F3N2O3. The molecule has 2 aromatic rings. The average molecular weight is 456 g/mol. The van der Waals surface area contributed by atoms with Crippen molar-refractivity contribution in [1.29, 1.82) is 0 Å². The number of fused-ring (bicyclic) bond motifs is 1. The van der Waals surface area contributed by atoms with Crippen LogP contribution in [0.5, 0.6) is 11.5 Å². The Kier molecular flexibility index (Phi) is 5.38. The zero-order chi connectivity index (χ0) is 23.2. The van der Waals surface area contributed by atoms with Crippen molar-refractivity contribution in [1.82, 2.24) is 5.32 Å². The number of amides is 1. The van der Waals surface area contributed by atoms with E-state index in [1.54, 1.807) is 18.2 Å². The average Bonchev–Trinajstić information content (AvgIpc) is 3.54. The van der Waals surface area contributed by atoms with Crippen LogP contribution in [0, 0.1) is 0 Å². The zero-order valence-corrected chi connectivity index (χ0v) is 18.0. The number of alkyl halides is 3. The van der Waals surface area contributed by atoms with Gasteiger partial charge < -0.3 is 14.8 Å². The molecule has 1 N–H and O–H groups in total. The molecule has 8 heteroatoms. The molecule has 2 aromatic carbocycles. The maximum atomic E-state index is 13.7. The van der Waals surface area contributed by atoms with Gasteiger partial charge in [-0.15, -0.1) is 0 Å². The van der Waals surface area contributed by atoms with Gasteiger partial charge in [-0.2, -0.15) is 13.2 Å². The van der Waals surface area contributed by atoms with Crippen LogP contribution in [0.3, 0.4) is 0 Å². The van der Waals surface area contributed by atoms with Gasteiger partial charge in [-0.3, -0.25) is 9.79 Å². The smallest absolute Gasteiger partial charge is 0.416 e. The summed E-state index contributed by atoms with van der Waals surface area (Å²) >= 11 is 0. The number of benzene rings is 2. The van der Waals surface area contributed by atoms with Crippen molar-refractivity contribution in [2.75, 3.05) is 13.7 Å². The topological polar surface area (TPSA) is 59.9 Å². The second-order valence-corrected chi connectivity index (χ2v) is 8.54. The van der Waals surface area contributed by atoms with Gasteiger partial charge in [0.1, 0.15) is 12.4 Å². The Hall–Kier alpha value is -3.29. The lowest BCUT2D eigenvalue weighted by Crippen LogP contribution is -2.38. The van der Waals surface area contributed by atoms with Crippen LogP contribution in [0.4, 0.5) is 13.2 Å². The second kappa shape index (κ2) is 8.24. The van der Waals surface area contributed by atoms with Gasteiger partial charge in [-0.1, -0.05) is 24.3 Å². The number of rotatable bonds is 6. The Bertz CT molecular complexity index is 1170. The third-order valence-corrected chi connectivity index (χ3v) is 6.32. The largest absolute Gasteiger partial charge is 0.493 e. The third-order valence-electron chi connectivity index (χ3n) is 6.32. The van der Waals surface area contributed by atoms with Gasteiger partial charge >= 0.3 is 6.18 Å². The number of hydrogen-bond donors (Lipinski definition) is 1. The highest BCUT2D eigenvalue weighted by Gasteiger charge is 2.36. The van der Waals surface area contributed by atoms with E-state index in [4.69, 9.17) is 9.47 Å². The summed E-state index contributed by atoms with van der Waals surface area (Å²) < 4.78 is 52.2. The maximum Gasteiger partial charge on any atom is 0.416 e. The van der Waals surface area contributed by atoms with E-state index in [0.717, 1.165) is 29.5 Å². The molecule has 5 nitrogen and oxygen atoms in total. The summed E-state index contributed by atoms with van der Waals surface area (Å²) in [5, 5.41) is 2.78. The van der Waals surface area contributed by atoms with Gasteiger partial charge in [0.05, 0.1) is 19.2 Å². The summed E-state index contributed by atoms with van der Waals surface area (Å²) in [4.78, 5) is 16.4. The number of methoxy groups -OCH3 is 1. The maximum absolute atomic E-state index is 13.7. The van der Waals surface area contributed by atoms with Crippen LogP contribution in [-0.4, -0.2) is 25.4 Å². The zero-order valence-electron chi connectivity index (χ0n) is 18.0. The fraction of sp³-hybridized carbons (Fsp3) is 0.360. The second-order valence-electron chi connectivity index (χ2n) is 8.54. The predicted molar refractivity (Wildman–Crippen MR) is 117 cm³/mol. The Labute approximate surface area is 189 Å². The first-order chi connectivity index (χ1) is 15.8. The van der Waals surface area contributed by atoms with Crippen LogP contribution < -0.4 is 14.8 Å². The molecular weight excluding hydrogens is 433 g/mol. The quantitative estimate of drug-likeness (QED) is 0.657. The summed E-state index contributed by atoms with van der Waals surface area (Å²) in [5.41, 5.74) is 1.99. The normalized spacial score (nSPS) is 20.0. The number of piperidine rings is 1. The molecule has 2 heterocycles. The number of carbonyl (C=O) groups excluding carboxylic acids is 1. The number of ether oxygens (including phenoxy) is 2. The van der Waals surface area contributed by atoms with Crippen molar-refractivity contribution in [2.45, 2.75) is 43.9 Å². The molecule has 1 saturated heterocycles. The highest BCUT2D eigenvalue weighted by Crippen LogP contribution is 2.43. The van der Waals surface area contributed by atoms with Crippen LogP contribution in [0.1, 0.15) is 53.4 Å². The molecule has 1 unspecified atom stereocenters. The van der Waals surface area contributed by atoms with Crippen molar-refractivity contribution < 1.29 is 27.4 Å². The fourth-order valence-corrected chi connectivity index (χ4v) is 4.45. The third kappa shape index (κ3) is 4.34. The van der Waals surface area contributed by atoms with Gasteiger partial charge in [0.15, 0.2) is 11.5 Å². The summed E-state index contributed by atoms with van der Waals surface area (Å²) in [6.45, 7) is 0.296. The Morgan fingerprint density at radius 1 is 1.09 bits per heavy atom. The first-order valence-electron chi connectivity index (χ1n) is 10.9.